The van der Waals surface area contributed by atoms with E-state index in [0.717, 1.165) is 12.1 Å². The van der Waals surface area contributed by atoms with Gasteiger partial charge in [0.25, 0.3) is 0 Å². The number of aromatic nitrogens is 2. The van der Waals surface area contributed by atoms with Crippen LogP contribution < -0.4 is 5.73 Å². The lowest BCUT2D eigenvalue weighted by molar-refractivity contribution is 0.589. The molecule has 0 bridgehead atoms. The van der Waals surface area contributed by atoms with Crippen molar-refractivity contribution in [2.75, 3.05) is 5.73 Å². The first kappa shape index (κ1) is 13.1. The van der Waals surface area contributed by atoms with Crippen LogP contribution in [0.25, 0.3) is 16.9 Å². The van der Waals surface area contributed by atoms with Crippen LogP contribution in [0.3, 0.4) is 0 Å². The molecule has 0 atom stereocenters. The molecule has 1 aromatic carbocycles. The average molecular weight is 314 g/mol. The van der Waals surface area contributed by atoms with E-state index < -0.39 is 11.6 Å². The van der Waals surface area contributed by atoms with E-state index in [-0.39, 0.29) is 27.7 Å². The van der Waals surface area contributed by atoms with Crippen LogP contribution in [0.4, 0.5) is 14.6 Å². The molecular weight excluding hydrogens is 307 g/mol. The lowest BCUT2D eigenvalue weighted by Gasteiger charge is -2.02. The number of rotatable bonds is 1. The Labute approximate surface area is 122 Å². The summed E-state index contributed by atoms with van der Waals surface area (Å²) in [7, 11) is 0. The van der Waals surface area contributed by atoms with Crippen LogP contribution in [0.5, 0.6) is 0 Å². The molecule has 0 unspecified atom stereocenters. The third kappa shape index (κ3) is 1.90. The van der Waals surface area contributed by atoms with E-state index >= 15 is 0 Å². The van der Waals surface area contributed by atoms with Crippen molar-refractivity contribution in [3.8, 4) is 11.3 Å². The predicted octanol–water partition coefficient (Wildman–Crippen LogP) is 4.17. The zero-order valence-corrected chi connectivity index (χ0v) is 11.4. The number of pyridine rings is 1. The van der Waals surface area contributed by atoms with Crippen LogP contribution >= 0.6 is 23.2 Å². The molecule has 20 heavy (non-hydrogen) atoms. The van der Waals surface area contributed by atoms with Gasteiger partial charge in [0.15, 0.2) is 5.65 Å². The number of hydrogen-bond acceptors (Lipinski definition) is 2. The van der Waals surface area contributed by atoms with Crippen molar-refractivity contribution >= 4 is 34.7 Å². The van der Waals surface area contributed by atoms with E-state index in [1.54, 1.807) is 0 Å². The van der Waals surface area contributed by atoms with Gasteiger partial charge in [-0.2, -0.15) is 0 Å². The third-order valence-electron chi connectivity index (χ3n) is 2.88. The molecule has 0 amide bonds. The lowest BCUT2D eigenvalue weighted by atomic mass is 10.1. The maximum Gasteiger partial charge on any atom is 0.158 e. The summed E-state index contributed by atoms with van der Waals surface area (Å²) >= 11 is 11.9. The summed E-state index contributed by atoms with van der Waals surface area (Å²) in [5.41, 5.74) is 5.88. The highest BCUT2D eigenvalue weighted by Crippen LogP contribution is 2.33. The summed E-state index contributed by atoms with van der Waals surface area (Å²) < 4.78 is 29.0. The molecule has 0 fully saturated rings. The molecular formula is C13H7Cl2F2N3. The molecule has 2 heterocycles. The summed E-state index contributed by atoms with van der Waals surface area (Å²) in [5.74, 6) is -1.43. The maximum absolute atomic E-state index is 13.8. The van der Waals surface area contributed by atoms with E-state index in [4.69, 9.17) is 28.9 Å². The SMILES string of the molecule is Nc1c(-c2c(F)cccc2F)nc2c(Cl)cc(Cl)cn12. The van der Waals surface area contributed by atoms with E-state index in [0.29, 0.717) is 5.02 Å². The molecule has 102 valence electrons. The summed E-state index contributed by atoms with van der Waals surface area (Å²) in [6.45, 7) is 0. The van der Waals surface area contributed by atoms with Gasteiger partial charge in [-0.05, 0) is 18.2 Å². The zero-order chi connectivity index (χ0) is 14.4. The molecule has 2 aromatic heterocycles. The fraction of sp³-hybridized carbons (Fsp3) is 0. The fourth-order valence-electron chi connectivity index (χ4n) is 2.00. The van der Waals surface area contributed by atoms with Crippen molar-refractivity contribution in [2.45, 2.75) is 0 Å². The van der Waals surface area contributed by atoms with Gasteiger partial charge in [-0.25, -0.2) is 13.8 Å². The molecule has 0 spiro atoms. The summed E-state index contributed by atoms with van der Waals surface area (Å²) in [4.78, 5) is 4.11. The highest BCUT2D eigenvalue weighted by molar-refractivity contribution is 6.36. The van der Waals surface area contributed by atoms with Crippen LogP contribution in [0.1, 0.15) is 0 Å². The molecule has 3 nitrogen and oxygen atoms in total. The smallest absolute Gasteiger partial charge is 0.158 e. The molecule has 0 aliphatic carbocycles. The molecule has 3 rings (SSSR count). The Morgan fingerprint density at radius 2 is 1.80 bits per heavy atom. The van der Waals surface area contributed by atoms with E-state index in [1.807, 2.05) is 0 Å². The number of anilines is 1. The number of nitrogen functional groups attached to an aromatic ring is 1. The molecule has 0 saturated heterocycles. The lowest BCUT2D eigenvalue weighted by Crippen LogP contribution is -1.97. The standard InChI is InChI=1S/C13H7Cl2F2N3/c14-6-4-7(15)13-19-11(12(18)20(13)5-6)10-8(16)2-1-3-9(10)17/h1-5H,18H2. The van der Waals surface area contributed by atoms with Crippen molar-refractivity contribution in [3.05, 3.63) is 52.1 Å². The average Bonchev–Trinajstić information content (AvgIpc) is 2.68. The van der Waals surface area contributed by atoms with E-state index in [2.05, 4.69) is 4.98 Å². The van der Waals surface area contributed by atoms with Crippen LogP contribution in [-0.4, -0.2) is 9.38 Å². The van der Waals surface area contributed by atoms with Gasteiger partial charge in [0, 0.05) is 6.20 Å². The van der Waals surface area contributed by atoms with Gasteiger partial charge in [0.05, 0.1) is 15.6 Å². The number of hydrogen-bond donors (Lipinski definition) is 1. The first-order valence-electron chi connectivity index (χ1n) is 5.56. The highest BCUT2D eigenvalue weighted by Gasteiger charge is 2.20. The van der Waals surface area contributed by atoms with Crippen molar-refractivity contribution in [2.24, 2.45) is 0 Å². The number of nitrogens with zero attached hydrogens (tertiary/aromatic N) is 2. The second-order valence-electron chi connectivity index (χ2n) is 4.14. The normalized spacial score (nSPS) is 11.2. The van der Waals surface area contributed by atoms with Crippen molar-refractivity contribution in [1.82, 2.24) is 9.38 Å². The monoisotopic (exact) mass is 313 g/mol. The number of fused-ring (bicyclic) bond motifs is 1. The van der Waals surface area contributed by atoms with Gasteiger partial charge < -0.3 is 5.73 Å². The quantitative estimate of drug-likeness (QED) is 0.732. The number of imidazole rings is 1. The summed E-state index contributed by atoms with van der Waals surface area (Å²) in [6, 6.07) is 5.02. The molecule has 3 aromatic rings. The molecule has 7 heteroatoms. The molecule has 0 saturated carbocycles. The van der Waals surface area contributed by atoms with E-state index in [1.165, 1.54) is 22.7 Å². The fourth-order valence-corrected chi connectivity index (χ4v) is 2.51. The molecule has 0 radical (unpaired) electrons. The van der Waals surface area contributed by atoms with Gasteiger partial charge in [0.2, 0.25) is 0 Å². The third-order valence-corrected chi connectivity index (χ3v) is 3.36. The minimum Gasteiger partial charge on any atom is -0.383 e. The van der Waals surface area contributed by atoms with Crippen molar-refractivity contribution in [3.63, 3.8) is 0 Å². The van der Waals surface area contributed by atoms with Gasteiger partial charge in [-0.3, -0.25) is 4.40 Å². The predicted molar refractivity (Wildman–Crippen MR) is 75.0 cm³/mol. The Morgan fingerprint density at radius 1 is 1.15 bits per heavy atom. The second kappa shape index (κ2) is 4.61. The van der Waals surface area contributed by atoms with Gasteiger partial charge >= 0.3 is 0 Å². The van der Waals surface area contributed by atoms with Crippen LogP contribution in [0.15, 0.2) is 30.5 Å². The molecule has 0 aliphatic rings. The topological polar surface area (TPSA) is 43.3 Å². The minimum absolute atomic E-state index is 0.00948. The van der Waals surface area contributed by atoms with Gasteiger partial charge in [-0.15, -0.1) is 0 Å². The first-order valence-corrected chi connectivity index (χ1v) is 6.31. The minimum atomic E-state index is -0.748. The number of nitrogens with two attached hydrogens (primary N) is 1. The Bertz CT molecular complexity index is 810. The Morgan fingerprint density at radius 3 is 2.45 bits per heavy atom. The summed E-state index contributed by atoms with van der Waals surface area (Å²) in [5, 5.41) is 0.583. The van der Waals surface area contributed by atoms with Gasteiger partial charge in [-0.1, -0.05) is 29.3 Å². The second-order valence-corrected chi connectivity index (χ2v) is 4.99. The number of benzene rings is 1. The van der Waals surface area contributed by atoms with Crippen LogP contribution in [0.2, 0.25) is 10.0 Å². The van der Waals surface area contributed by atoms with Crippen LogP contribution in [-0.2, 0) is 0 Å². The van der Waals surface area contributed by atoms with Crippen LogP contribution in [0, 0.1) is 11.6 Å². The van der Waals surface area contributed by atoms with E-state index in [9.17, 15) is 8.78 Å². The number of halogens is 4. The zero-order valence-electron chi connectivity index (χ0n) is 9.87. The summed E-state index contributed by atoms with van der Waals surface area (Å²) in [6.07, 6.45) is 1.48. The van der Waals surface area contributed by atoms with Gasteiger partial charge in [0.1, 0.15) is 23.1 Å². The highest BCUT2D eigenvalue weighted by atomic mass is 35.5. The molecule has 0 aliphatic heterocycles. The Balaban J connectivity index is 2.39. The Kier molecular flexibility index (Phi) is 3.03. The largest absolute Gasteiger partial charge is 0.383 e. The van der Waals surface area contributed by atoms with Crippen molar-refractivity contribution in [1.29, 1.82) is 0 Å². The molecule has 2 N–H and O–H groups in total. The van der Waals surface area contributed by atoms with Crippen molar-refractivity contribution < 1.29 is 8.78 Å². The first-order chi connectivity index (χ1) is 9.49. The maximum atomic E-state index is 13.8. The Hall–Kier alpha value is -1.85.